The largest absolute Gasteiger partial charge is 0.0625 e. The molecule has 0 nitrogen and oxygen atoms in total. The van der Waals surface area contributed by atoms with Crippen molar-refractivity contribution >= 4 is 0 Å². The summed E-state index contributed by atoms with van der Waals surface area (Å²) in [5, 5.41) is 0. The second-order valence-corrected chi connectivity index (χ2v) is 6.23. The molecule has 2 saturated carbocycles. The first kappa shape index (κ1) is 11.5. The Kier molecular flexibility index (Phi) is 4.11. The third kappa shape index (κ3) is 3.50. The summed E-state index contributed by atoms with van der Waals surface area (Å²) in [7, 11) is 0. The molecule has 0 aromatic carbocycles. The van der Waals surface area contributed by atoms with Gasteiger partial charge < -0.3 is 0 Å². The standard InChI is InChI=1S/C15H27/c1-12-3-7-14(8-4-12)11-15-9-5-13(2)6-10-15/h11-15H,3-10H2,1-2H3. The molecular weight excluding hydrogens is 180 g/mol. The zero-order valence-electron chi connectivity index (χ0n) is 10.5. The van der Waals surface area contributed by atoms with Crippen LogP contribution in [-0.4, -0.2) is 0 Å². The monoisotopic (exact) mass is 207 g/mol. The van der Waals surface area contributed by atoms with Gasteiger partial charge in [-0.15, -0.1) is 0 Å². The van der Waals surface area contributed by atoms with Crippen molar-refractivity contribution in [1.82, 2.24) is 0 Å². The van der Waals surface area contributed by atoms with E-state index >= 15 is 0 Å². The average molecular weight is 207 g/mol. The maximum absolute atomic E-state index is 2.73. The molecule has 2 aliphatic rings. The van der Waals surface area contributed by atoms with E-state index in [-0.39, 0.29) is 0 Å². The minimum absolute atomic E-state index is 0.972. The molecule has 2 rings (SSSR count). The maximum atomic E-state index is 2.73. The molecule has 2 aliphatic carbocycles. The summed E-state index contributed by atoms with van der Waals surface area (Å²) < 4.78 is 0. The fourth-order valence-electron chi connectivity index (χ4n) is 3.34. The highest BCUT2D eigenvalue weighted by Gasteiger charge is 2.24. The zero-order chi connectivity index (χ0) is 10.7. The van der Waals surface area contributed by atoms with Gasteiger partial charge >= 0.3 is 0 Å². The summed E-state index contributed by atoms with van der Waals surface area (Å²) in [5.41, 5.74) is 0. The van der Waals surface area contributed by atoms with Crippen molar-refractivity contribution in [3.63, 3.8) is 0 Å². The number of rotatable bonds is 2. The fraction of sp³-hybridized carbons (Fsp3) is 0.933. The Labute approximate surface area is 95.8 Å². The van der Waals surface area contributed by atoms with E-state index in [0.29, 0.717) is 0 Å². The summed E-state index contributed by atoms with van der Waals surface area (Å²) in [6, 6.07) is 0. The summed E-state index contributed by atoms with van der Waals surface area (Å²) in [6.07, 6.45) is 14.6. The van der Waals surface area contributed by atoms with Gasteiger partial charge in [-0.1, -0.05) is 39.5 Å². The molecule has 0 atom stereocenters. The van der Waals surface area contributed by atoms with E-state index in [0.717, 1.165) is 23.7 Å². The third-order valence-electron chi connectivity index (χ3n) is 4.67. The van der Waals surface area contributed by atoms with E-state index in [2.05, 4.69) is 20.3 Å². The molecule has 0 unspecified atom stereocenters. The van der Waals surface area contributed by atoms with Crippen molar-refractivity contribution in [2.24, 2.45) is 23.7 Å². The quantitative estimate of drug-likeness (QED) is 0.607. The van der Waals surface area contributed by atoms with Crippen molar-refractivity contribution in [2.75, 3.05) is 0 Å². The SMILES string of the molecule is CC1CCC([CH]C2CCC(C)CC2)CC1. The van der Waals surface area contributed by atoms with Gasteiger partial charge in [0.1, 0.15) is 0 Å². The first-order chi connectivity index (χ1) is 7.24. The van der Waals surface area contributed by atoms with E-state index < -0.39 is 0 Å². The molecule has 0 saturated heterocycles. The van der Waals surface area contributed by atoms with Crippen molar-refractivity contribution in [3.8, 4) is 0 Å². The van der Waals surface area contributed by atoms with Crippen molar-refractivity contribution in [2.45, 2.75) is 65.2 Å². The second-order valence-electron chi connectivity index (χ2n) is 6.23. The highest BCUT2D eigenvalue weighted by Crippen LogP contribution is 2.37. The van der Waals surface area contributed by atoms with Crippen LogP contribution in [0.4, 0.5) is 0 Å². The average Bonchev–Trinajstić information content (AvgIpc) is 2.25. The highest BCUT2D eigenvalue weighted by molar-refractivity contribution is 4.88. The molecule has 0 aliphatic heterocycles. The van der Waals surface area contributed by atoms with Crippen molar-refractivity contribution in [3.05, 3.63) is 6.42 Å². The number of hydrogen-bond donors (Lipinski definition) is 0. The Hall–Kier alpha value is 0. The first-order valence-electron chi connectivity index (χ1n) is 7.09. The van der Waals surface area contributed by atoms with Gasteiger partial charge in [0, 0.05) is 0 Å². The van der Waals surface area contributed by atoms with Crippen LogP contribution in [0.25, 0.3) is 0 Å². The molecule has 0 bridgehead atoms. The molecular formula is C15H27. The van der Waals surface area contributed by atoms with Crippen LogP contribution in [-0.2, 0) is 0 Å². The lowest BCUT2D eigenvalue weighted by molar-refractivity contribution is 0.259. The maximum Gasteiger partial charge on any atom is -0.0324 e. The van der Waals surface area contributed by atoms with Crippen LogP contribution >= 0.6 is 0 Å². The van der Waals surface area contributed by atoms with Gasteiger partial charge in [-0.2, -0.15) is 0 Å². The summed E-state index contributed by atoms with van der Waals surface area (Å²) in [6.45, 7) is 4.83. The molecule has 15 heavy (non-hydrogen) atoms. The van der Waals surface area contributed by atoms with Gasteiger partial charge in [0.2, 0.25) is 0 Å². The van der Waals surface area contributed by atoms with Gasteiger partial charge in [0.15, 0.2) is 0 Å². The van der Waals surface area contributed by atoms with Gasteiger partial charge in [0.25, 0.3) is 0 Å². The van der Waals surface area contributed by atoms with Gasteiger partial charge in [0.05, 0.1) is 0 Å². The first-order valence-corrected chi connectivity index (χ1v) is 7.09. The van der Waals surface area contributed by atoms with E-state index in [1.165, 1.54) is 51.4 Å². The fourth-order valence-corrected chi connectivity index (χ4v) is 3.34. The van der Waals surface area contributed by atoms with Crippen molar-refractivity contribution in [1.29, 1.82) is 0 Å². The lowest BCUT2D eigenvalue weighted by atomic mass is 9.74. The van der Waals surface area contributed by atoms with Crippen LogP contribution in [0, 0.1) is 30.1 Å². The lowest BCUT2D eigenvalue weighted by Gasteiger charge is -2.32. The molecule has 0 aromatic rings. The molecule has 0 N–H and O–H groups in total. The summed E-state index contributed by atoms with van der Waals surface area (Å²) >= 11 is 0. The lowest BCUT2D eigenvalue weighted by Crippen LogP contribution is -2.20. The van der Waals surface area contributed by atoms with Crippen LogP contribution in [0.3, 0.4) is 0 Å². The minimum Gasteiger partial charge on any atom is -0.0625 e. The minimum atomic E-state index is 0.972. The highest BCUT2D eigenvalue weighted by atomic mass is 14.3. The normalized spacial score (nSPS) is 42.8. The zero-order valence-corrected chi connectivity index (χ0v) is 10.5. The van der Waals surface area contributed by atoms with E-state index in [1.54, 1.807) is 0 Å². The van der Waals surface area contributed by atoms with Gasteiger partial charge in [-0.25, -0.2) is 0 Å². The van der Waals surface area contributed by atoms with Crippen LogP contribution in [0.5, 0.6) is 0 Å². The van der Waals surface area contributed by atoms with Crippen molar-refractivity contribution < 1.29 is 0 Å². The molecule has 1 radical (unpaired) electrons. The molecule has 0 spiro atoms. The van der Waals surface area contributed by atoms with Crippen LogP contribution in [0.15, 0.2) is 0 Å². The summed E-state index contributed by atoms with van der Waals surface area (Å²) in [4.78, 5) is 0. The summed E-state index contributed by atoms with van der Waals surface area (Å²) in [5.74, 6) is 3.95. The smallest absolute Gasteiger partial charge is 0.0324 e. The Balaban J connectivity index is 1.68. The molecule has 0 heterocycles. The van der Waals surface area contributed by atoms with E-state index in [9.17, 15) is 0 Å². The molecule has 0 amide bonds. The van der Waals surface area contributed by atoms with Crippen LogP contribution < -0.4 is 0 Å². The molecule has 0 aromatic heterocycles. The Morgan fingerprint density at radius 3 is 1.27 bits per heavy atom. The Morgan fingerprint density at radius 2 is 0.933 bits per heavy atom. The Bertz CT molecular complexity index is 148. The number of hydrogen-bond acceptors (Lipinski definition) is 0. The third-order valence-corrected chi connectivity index (χ3v) is 4.67. The predicted octanol–water partition coefficient (Wildman–Crippen LogP) is 4.84. The topological polar surface area (TPSA) is 0 Å². The molecule has 87 valence electrons. The van der Waals surface area contributed by atoms with Gasteiger partial charge in [-0.05, 0) is 55.8 Å². The van der Waals surface area contributed by atoms with E-state index in [1.807, 2.05) is 0 Å². The predicted molar refractivity (Wildman–Crippen MR) is 66.5 cm³/mol. The van der Waals surface area contributed by atoms with Crippen LogP contribution in [0.1, 0.15) is 65.2 Å². The molecule has 0 heteroatoms. The second kappa shape index (κ2) is 5.37. The van der Waals surface area contributed by atoms with Gasteiger partial charge in [-0.3, -0.25) is 0 Å². The van der Waals surface area contributed by atoms with Crippen LogP contribution in [0.2, 0.25) is 0 Å². The van der Waals surface area contributed by atoms with E-state index in [4.69, 9.17) is 0 Å². The molecule has 2 fully saturated rings. The Morgan fingerprint density at radius 1 is 0.600 bits per heavy atom.